The molecule has 24 heavy (non-hydrogen) atoms. The highest BCUT2D eigenvalue weighted by molar-refractivity contribution is 6.30. The first kappa shape index (κ1) is 16.1. The smallest absolute Gasteiger partial charge is 0.338 e. The molecule has 0 amide bonds. The van der Waals surface area contributed by atoms with Crippen LogP contribution in [0.2, 0.25) is 5.02 Å². The Morgan fingerprint density at radius 3 is 2.50 bits per heavy atom. The van der Waals surface area contributed by atoms with E-state index in [0.717, 1.165) is 5.56 Å². The zero-order chi connectivity index (χ0) is 16.9. The lowest BCUT2D eigenvalue weighted by molar-refractivity contribution is 0.0439. The number of rotatable bonds is 5. The van der Waals surface area contributed by atoms with Crippen LogP contribution in [0, 0.1) is 0 Å². The molecule has 1 heterocycles. The Kier molecular flexibility index (Phi) is 4.82. The van der Waals surface area contributed by atoms with Crippen LogP contribution in [0.25, 0.3) is 11.3 Å². The summed E-state index contributed by atoms with van der Waals surface area (Å²) in [6, 6.07) is 13.9. The molecule has 3 rings (SSSR count). The van der Waals surface area contributed by atoms with Crippen molar-refractivity contribution in [2.75, 3.05) is 7.11 Å². The van der Waals surface area contributed by atoms with E-state index in [1.165, 1.54) is 0 Å². The fourth-order valence-electron chi connectivity index (χ4n) is 2.06. The third-order valence-electron chi connectivity index (χ3n) is 3.33. The number of methoxy groups -OCH3 is 1. The minimum absolute atomic E-state index is 0.0432. The molecule has 0 unspecified atom stereocenters. The van der Waals surface area contributed by atoms with Crippen molar-refractivity contribution < 1.29 is 18.7 Å². The molecule has 0 spiro atoms. The van der Waals surface area contributed by atoms with Crippen LogP contribution < -0.4 is 4.74 Å². The van der Waals surface area contributed by atoms with E-state index in [2.05, 4.69) is 4.98 Å². The number of carbonyl (C=O) groups is 1. The normalized spacial score (nSPS) is 10.4. The number of benzene rings is 2. The molecule has 0 aliphatic rings. The number of oxazole rings is 1. The molecule has 0 aliphatic carbocycles. The minimum Gasteiger partial charge on any atom is -0.497 e. The molecule has 0 radical (unpaired) electrons. The van der Waals surface area contributed by atoms with E-state index in [1.807, 2.05) is 12.1 Å². The first-order chi connectivity index (χ1) is 11.7. The number of hydrogen-bond donors (Lipinski definition) is 0. The number of carbonyl (C=O) groups excluding carboxylic acids is 1. The van der Waals surface area contributed by atoms with Crippen molar-refractivity contribution in [2.24, 2.45) is 0 Å². The molecule has 0 saturated carbocycles. The van der Waals surface area contributed by atoms with Crippen LogP contribution in [-0.4, -0.2) is 18.1 Å². The van der Waals surface area contributed by atoms with Gasteiger partial charge in [0.2, 0.25) is 5.89 Å². The molecular weight excluding hydrogens is 330 g/mol. The van der Waals surface area contributed by atoms with Gasteiger partial charge in [-0.15, -0.1) is 0 Å². The van der Waals surface area contributed by atoms with Crippen molar-refractivity contribution >= 4 is 17.6 Å². The molecule has 2 aromatic carbocycles. The summed E-state index contributed by atoms with van der Waals surface area (Å²) >= 11 is 5.85. The molecule has 3 aromatic rings. The molecule has 122 valence electrons. The maximum atomic E-state index is 12.0. The van der Waals surface area contributed by atoms with Gasteiger partial charge >= 0.3 is 5.97 Å². The van der Waals surface area contributed by atoms with E-state index in [9.17, 15) is 4.79 Å². The Balaban J connectivity index is 1.62. The van der Waals surface area contributed by atoms with Crippen molar-refractivity contribution in [1.29, 1.82) is 0 Å². The Hall–Kier alpha value is -2.79. The molecule has 0 atom stereocenters. The second kappa shape index (κ2) is 7.19. The lowest BCUT2D eigenvalue weighted by Gasteiger charge is -2.03. The monoisotopic (exact) mass is 343 g/mol. The third-order valence-corrected chi connectivity index (χ3v) is 3.59. The van der Waals surface area contributed by atoms with Crippen molar-refractivity contribution in [1.82, 2.24) is 4.98 Å². The van der Waals surface area contributed by atoms with Gasteiger partial charge < -0.3 is 13.9 Å². The van der Waals surface area contributed by atoms with Crippen LogP contribution in [0.15, 0.2) is 59.1 Å². The predicted octanol–water partition coefficient (Wildman–Crippen LogP) is 4.36. The van der Waals surface area contributed by atoms with Crippen molar-refractivity contribution in [3.8, 4) is 17.1 Å². The van der Waals surface area contributed by atoms with Crippen molar-refractivity contribution in [3.05, 3.63) is 71.2 Å². The number of hydrogen-bond acceptors (Lipinski definition) is 5. The molecule has 0 saturated heterocycles. The molecule has 5 nitrogen and oxygen atoms in total. The molecule has 0 aliphatic heterocycles. The molecule has 0 fully saturated rings. The highest BCUT2D eigenvalue weighted by atomic mass is 35.5. The van der Waals surface area contributed by atoms with Gasteiger partial charge in [-0.3, -0.25) is 0 Å². The highest BCUT2D eigenvalue weighted by Crippen LogP contribution is 2.22. The van der Waals surface area contributed by atoms with Gasteiger partial charge in [0, 0.05) is 10.6 Å². The summed E-state index contributed by atoms with van der Waals surface area (Å²) in [7, 11) is 1.56. The first-order valence-corrected chi connectivity index (χ1v) is 7.55. The number of aromatic nitrogens is 1. The van der Waals surface area contributed by atoms with Gasteiger partial charge in [-0.1, -0.05) is 11.6 Å². The summed E-state index contributed by atoms with van der Waals surface area (Å²) in [5.41, 5.74) is 1.28. The topological polar surface area (TPSA) is 61.6 Å². The Morgan fingerprint density at radius 2 is 1.83 bits per heavy atom. The fraction of sp³-hybridized carbons (Fsp3) is 0.111. The molecule has 0 bridgehead atoms. The van der Waals surface area contributed by atoms with Crippen molar-refractivity contribution in [3.63, 3.8) is 0 Å². The van der Waals surface area contributed by atoms with Gasteiger partial charge in [0.1, 0.15) is 5.75 Å². The van der Waals surface area contributed by atoms with Crippen LogP contribution in [0.3, 0.4) is 0 Å². The zero-order valence-corrected chi connectivity index (χ0v) is 13.6. The SMILES string of the molecule is COc1ccc(C(=O)OCc2ncc(-c3ccc(Cl)cc3)o2)cc1. The largest absolute Gasteiger partial charge is 0.497 e. The Bertz CT molecular complexity index is 825. The van der Waals surface area contributed by atoms with E-state index >= 15 is 0 Å². The number of esters is 1. The van der Waals surface area contributed by atoms with Crippen LogP contribution >= 0.6 is 11.6 Å². The second-order valence-corrected chi connectivity index (χ2v) is 5.37. The Labute approximate surface area is 143 Å². The third kappa shape index (κ3) is 3.75. The van der Waals surface area contributed by atoms with Gasteiger partial charge in [-0.25, -0.2) is 9.78 Å². The maximum Gasteiger partial charge on any atom is 0.338 e. The van der Waals surface area contributed by atoms with Gasteiger partial charge in [-0.05, 0) is 48.5 Å². The maximum absolute atomic E-state index is 12.0. The van der Waals surface area contributed by atoms with Crippen LogP contribution in [0.1, 0.15) is 16.2 Å². The fourth-order valence-corrected chi connectivity index (χ4v) is 2.19. The minimum atomic E-state index is -0.455. The molecule has 6 heteroatoms. The van der Waals surface area contributed by atoms with Gasteiger partial charge in [-0.2, -0.15) is 0 Å². The van der Waals surface area contributed by atoms with E-state index in [1.54, 1.807) is 49.7 Å². The highest BCUT2D eigenvalue weighted by Gasteiger charge is 2.11. The lowest BCUT2D eigenvalue weighted by Crippen LogP contribution is -2.05. The van der Waals surface area contributed by atoms with Gasteiger partial charge in [0.05, 0.1) is 18.9 Å². The molecule has 0 N–H and O–H groups in total. The summed E-state index contributed by atoms with van der Waals surface area (Å²) in [6.07, 6.45) is 1.58. The average molecular weight is 344 g/mol. The van der Waals surface area contributed by atoms with Gasteiger partial charge in [0.25, 0.3) is 0 Å². The van der Waals surface area contributed by atoms with Crippen molar-refractivity contribution in [2.45, 2.75) is 6.61 Å². The van der Waals surface area contributed by atoms with E-state index in [4.69, 9.17) is 25.5 Å². The average Bonchev–Trinajstić information content (AvgIpc) is 3.09. The van der Waals surface area contributed by atoms with E-state index in [-0.39, 0.29) is 6.61 Å². The zero-order valence-electron chi connectivity index (χ0n) is 12.9. The quantitative estimate of drug-likeness (QED) is 0.644. The number of halogens is 1. The van der Waals surface area contributed by atoms with Crippen LogP contribution in [-0.2, 0) is 11.3 Å². The lowest BCUT2D eigenvalue weighted by atomic mass is 10.2. The number of ether oxygens (including phenoxy) is 2. The van der Waals surface area contributed by atoms with E-state index < -0.39 is 5.97 Å². The summed E-state index contributed by atoms with van der Waals surface area (Å²) in [6.45, 7) is -0.0432. The predicted molar refractivity (Wildman–Crippen MR) is 89.1 cm³/mol. The standard InChI is InChI=1S/C18H14ClNO4/c1-22-15-8-4-13(5-9-15)18(21)23-11-17-20-10-16(24-17)12-2-6-14(19)7-3-12/h2-10H,11H2,1H3. The first-order valence-electron chi connectivity index (χ1n) is 7.17. The molecule has 1 aromatic heterocycles. The second-order valence-electron chi connectivity index (χ2n) is 4.93. The Morgan fingerprint density at radius 1 is 1.12 bits per heavy atom. The van der Waals surface area contributed by atoms with E-state index in [0.29, 0.717) is 28.0 Å². The summed E-state index contributed by atoms with van der Waals surface area (Å²) in [4.78, 5) is 16.1. The summed E-state index contributed by atoms with van der Waals surface area (Å²) < 4.78 is 15.8. The van der Waals surface area contributed by atoms with Crippen LogP contribution in [0.5, 0.6) is 5.75 Å². The summed E-state index contributed by atoms with van der Waals surface area (Å²) in [5.74, 6) is 1.12. The molecular formula is C18H14ClNO4. The number of nitrogens with zero attached hydrogens (tertiary/aromatic N) is 1. The summed E-state index contributed by atoms with van der Waals surface area (Å²) in [5, 5.41) is 0.645. The van der Waals surface area contributed by atoms with Gasteiger partial charge in [0.15, 0.2) is 12.4 Å². The van der Waals surface area contributed by atoms with Crippen LogP contribution in [0.4, 0.5) is 0 Å².